The van der Waals surface area contributed by atoms with Crippen molar-refractivity contribution in [2.24, 2.45) is 10.7 Å². The van der Waals surface area contributed by atoms with E-state index < -0.39 is 5.60 Å². The fourth-order valence-electron chi connectivity index (χ4n) is 3.36. The Balaban J connectivity index is 2.08. The Kier molecular flexibility index (Phi) is 7.86. The second-order valence-corrected chi connectivity index (χ2v) is 9.43. The number of benzene rings is 1. The van der Waals surface area contributed by atoms with E-state index in [1.54, 1.807) is 46.3 Å². The first kappa shape index (κ1) is 26.2. The minimum Gasteiger partial charge on any atom is -0.470 e. The summed E-state index contributed by atoms with van der Waals surface area (Å²) in [5.74, 6) is 0.921. The predicted octanol–water partition coefficient (Wildman–Crippen LogP) is 3.53. The fourth-order valence-corrected chi connectivity index (χ4v) is 3.74. The van der Waals surface area contributed by atoms with Crippen LogP contribution in [0.5, 0.6) is 5.88 Å². The van der Waals surface area contributed by atoms with Crippen molar-refractivity contribution in [3.63, 3.8) is 0 Å². The summed E-state index contributed by atoms with van der Waals surface area (Å²) in [5.41, 5.74) is 8.67. The highest BCUT2D eigenvalue weighted by atomic mass is 79.9. The first-order valence-corrected chi connectivity index (χ1v) is 11.7. The van der Waals surface area contributed by atoms with E-state index in [1.165, 1.54) is 4.57 Å². The number of nitrogens with zero attached hydrogens (tertiary/aromatic N) is 5. The smallest absolute Gasteiger partial charge is 0.276 e. The van der Waals surface area contributed by atoms with Crippen molar-refractivity contribution in [1.29, 1.82) is 0 Å². The van der Waals surface area contributed by atoms with Crippen molar-refractivity contribution < 1.29 is 9.84 Å². The molecule has 0 aliphatic heterocycles. The zero-order valence-electron chi connectivity index (χ0n) is 20.6. The largest absolute Gasteiger partial charge is 0.470 e. The minimum absolute atomic E-state index is 0.0611. The lowest BCUT2D eigenvalue weighted by atomic mass is 10.0. The summed E-state index contributed by atoms with van der Waals surface area (Å²) in [6.07, 6.45) is 4.86. The second-order valence-electron chi connectivity index (χ2n) is 8.64. The summed E-state index contributed by atoms with van der Waals surface area (Å²) >= 11 is 3.34. The van der Waals surface area contributed by atoms with Gasteiger partial charge in [-0.2, -0.15) is 4.98 Å². The van der Waals surface area contributed by atoms with Crippen LogP contribution in [0.1, 0.15) is 36.6 Å². The molecule has 0 spiro atoms. The normalized spacial score (nSPS) is 12.4. The number of halogens is 1. The van der Waals surface area contributed by atoms with Gasteiger partial charge in [0.1, 0.15) is 22.5 Å². The van der Waals surface area contributed by atoms with Gasteiger partial charge in [0.05, 0.1) is 11.4 Å². The number of aliphatic imine (C=N–C) groups is 1. The van der Waals surface area contributed by atoms with Gasteiger partial charge < -0.3 is 15.6 Å². The highest BCUT2D eigenvalue weighted by Gasteiger charge is 2.22. The predicted molar refractivity (Wildman–Crippen MR) is 140 cm³/mol. The molecule has 3 rings (SSSR count). The fraction of sp³-hybridized carbons (Fsp3) is 0.320. The summed E-state index contributed by atoms with van der Waals surface area (Å²) < 4.78 is 7.37. The van der Waals surface area contributed by atoms with E-state index in [2.05, 4.69) is 35.9 Å². The Morgan fingerprint density at radius 2 is 1.97 bits per heavy atom. The number of nitrogens with two attached hydrogens (primary N) is 1. The minimum atomic E-state index is -1.18. The summed E-state index contributed by atoms with van der Waals surface area (Å²) in [4.78, 5) is 30.5. The van der Waals surface area contributed by atoms with E-state index in [0.29, 0.717) is 28.7 Å². The van der Waals surface area contributed by atoms with Gasteiger partial charge in [0.2, 0.25) is 5.88 Å². The average Bonchev–Trinajstić information content (AvgIpc) is 2.80. The van der Waals surface area contributed by atoms with Crippen LogP contribution < -0.4 is 16.0 Å². The van der Waals surface area contributed by atoms with Crippen LogP contribution >= 0.6 is 15.9 Å². The molecule has 3 aromatic rings. The number of hydrogen-bond donors (Lipinski definition) is 2. The molecule has 0 unspecified atom stereocenters. The first-order valence-electron chi connectivity index (χ1n) is 10.9. The van der Waals surface area contributed by atoms with Crippen molar-refractivity contribution in [2.45, 2.75) is 40.2 Å². The molecule has 10 heteroatoms. The first-order chi connectivity index (χ1) is 16.4. The van der Waals surface area contributed by atoms with Gasteiger partial charge >= 0.3 is 0 Å². The third-order valence-electron chi connectivity index (χ3n) is 5.22. The Labute approximate surface area is 212 Å². The Morgan fingerprint density at radius 1 is 1.26 bits per heavy atom. The second kappa shape index (κ2) is 10.5. The SMILES string of the molecule is CN=C/C=C(\N)COc1nc(C)n(-c2cc(-c3nc(C(C)(C)O)ncc3C)ccc2C)c(=O)c1Br. The molecule has 0 aliphatic rings. The summed E-state index contributed by atoms with van der Waals surface area (Å²) in [6, 6.07) is 5.73. The zero-order valence-corrected chi connectivity index (χ0v) is 22.2. The van der Waals surface area contributed by atoms with Gasteiger partial charge in [-0.15, -0.1) is 0 Å². The summed E-state index contributed by atoms with van der Waals surface area (Å²) in [5, 5.41) is 10.4. The molecule has 2 heterocycles. The highest BCUT2D eigenvalue weighted by molar-refractivity contribution is 9.10. The number of ether oxygens (including phenoxy) is 1. The molecule has 0 saturated heterocycles. The maximum atomic E-state index is 13.4. The third-order valence-corrected chi connectivity index (χ3v) is 5.90. The Bertz CT molecular complexity index is 1370. The molecule has 2 aromatic heterocycles. The van der Waals surface area contributed by atoms with Crippen LogP contribution in [-0.2, 0) is 5.60 Å². The van der Waals surface area contributed by atoms with Crippen LogP contribution in [0.25, 0.3) is 16.9 Å². The van der Waals surface area contributed by atoms with Crippen LogP contribution in [0.15, 0.2) is 50.4 Å². The van der Waals surface area contributed by atoms with E-state index in [-0.39, 0.29) is 22.5 Å². The van der Waals surface area contributed by atoms with Crippen LogP contribution in [-0.4, -0.2) is 44.5 Å². The molecule has 0 aliphatic carbocycles. The molecular formula is C25H29BrN6O3. The van der Waals surface area contributed by atoms with Crippen LogP contribution in [0.2, 0.25) is 0 Å². The summed E-state index contributed by atoms with van der Waals surface area (Å²) in [7, 11) is 1.64. The van der Waals surface area contributed by atoms with Gasteiger partial charge in [0.15, 0.2) is 5.82 Å². The van der Waals surface area contributed by atoms with Crippen molar-refractivity contribution in [3.8, 4) is 22.8 Å². The molecule has 0 atom stereocenters. The topological polar surface area (TPSA) is 129 Å². The molecule has 0 saturated carbocycles. The number of aromatic nitrogens is 4. The van der Waals surface area contributed by atoms with E-state index in [1.807, 2.05) is 32.0 Å². The van der Waals surface area contributed by atoms with Crippen LogP contribution in [0.3, 0.4) is 0 Å². The van der Waals surface area contributed by atoms with Crippen molar-refractivity contribution in [2.75, 3.05) is 13.7 Å². The number of aliphatic hydroxyl groups is 1. The molecule has 0 bridgehead atoms. The lowest BCUT2D eigenvalue weighted by Crippen LogP contribution is -2.25. The van der Waals surface area contributed by atoms with Gasteiger partial charge in [0, 0.05) is 30.7 Å². The maximum absolute atomic E-state index is 13.4. The molecule has 1 aromatic carbocycles. The van der Waals surface area contributed by atoms with Crippen LogP contribution in [0, 0.1) is 20.8 Å². The third kappa shape index (κ3) is 5.83. The van der Waals surface area contributed by atoms with E-state index in [4.69, 9.17) is 10.5 Å². The molecule has 0 amide bonds. The lowest BCUT2D eigenvalue weighted by Gasteiger charge is -2.18. The van der Waals surface area contributed by atoms with Crippen LogP contribution in [0.4, 0.5) is 0 Å². The highest BCUT2D eigenvalue weighted by Crippen LogP contribution is 2.28. The average molecular weight is 541 g/mol. The van der Waals surface area contributed by atoms with Gasteiger partial charge in [-0.1, -0.05) is 12.1 Å². The van der Waals surface area contributed by atoms with Gasteiger partial charge in [0.25, 0.3) is 5.56 Å². The van der Waals surface area contributed by atoms with Crippen molar-refractivity contribution in [1.82, 2.24) is 19.5 Å². The lowest BCUT2D eigenvalue weighted by molar-refractivity contribution is 0.0688. The standard InChI is InChI=1S/C25H29BrN6O3/c1-14-7-8-17(21-15(2)12-29-24(31-21)25(4,5)34)11-19(14)32-16(3)30-22(20(26)23(32)33)35-13-18(27)9-10-28-6/h7-12,34H,13,27H2,1-6H3/b18-9-,28-10?. The number of rotatable bonds is 7. The molecule has 0 radical (unpaired) electrons. The Morgan fingerprint density at radius 3 is 2.63 bits per heavy atom. The zero-order chi connectivity index (χ0) is 25.9. The molecule has 0 fully saturated rings. The molecule has 9 nitrogen and oxygen atoms in total. The van der Waals surface area contributed by atoms with E-state index in [9.17, 15) is 9.90 Å². The number of allylic oxidation sites excluding steroid dienone is 1. The van der Waals surface area contributed by atoms with Crippen molar-refractivity contribution in [3.05, 3.63) is 73.8 Å². The molecular weight excluding hydrogens is 512 g/mol. The quantitative estimate of drug-likeness (QED) is 0.438. The Hall–Kier alpha value is -3.37. The number of aryl methyl sites for hydroxylation is 3. The monoisotopic (exact) mass is 540 g/mol. The molecule has 184 valence electrons. The van der Waals surface area contributed by atoms with Crippen molar-refractivity contribution >= 4 is 22.1 Å². The van der Waals surface area contributed by atoms with Gasteiger partial charge in [-0.3, -0.25) is 14.4 Å². The van der Waals surface area contributed by atoms with Gasteiger partial charge in [-0.05, 0) is 73.8 Å². The molecule has 35 heavy (non-hydrogen) atoms. The van der Waals surface area contributed by atoms with E-state index >= 15 is 0 Å². The maximum Gasteiger partial charge on any atom is 0.276 e. The number of hydrogen-bond acceptors (Lipinski definition) is 8. The van der Waals surface area contributed by atoms with Gasteiger partial charge in [-0.25, -0.2) is 9.97 Å². The van der Waals surface area contributed by atoms with E-state index in [0.717, 1.165) is 16.7 Å². The summed E-state index contributed by atoms with van der Waals surface area (Å²) in [6.45, 7) is 8.89. The molecule has 3 N–H and O–H groups in total.